The van der Waals surface area contributed by atoms with Crippen LogP contribution >= 0.6 is 0 Å². The van der Waals surface area contributed by atoms with Gasteiger partial charge >= 0.3 is 0 Å². The van der Waals surface area contributed by atoms with Crippen molar-refractivity contribution in [1.29, 1.82) is 0 Å². The Morgan fingerprint density at radius 3 is 2.42 bits per heavy atom. The summed E-state index contributed by atoms with van der Waals surface area (Å²) in [5, 5.41) is 0. The molecule has 0 radical (unpaired) electrons. The van der Waals surface area contributed by atoms with E-state index < -0.39 is 11.6 Å². The van der Waals surface area contributed by atoms with Crippen LogP contribution in [-0.2, 0) is 0 Å². The summed E-state index contributed by atoms with van der Waals surface area (Å²) >= 11 is 0. The lowest BCUT2D eigenvalue weighted by molar-refractivity contribution is 0.101. The fourth-order valence-electron chi connectivity index (χ4n) is 1.53. The largest absolute Gasteiger partial charge is 0.455 e. The Kier molecular flexibility index (Phi) is 3.46. The quantitative estimate of drug-likeness (QED) is 0.680. The van der Waals surface area contributed by atoms with Gasteiger partial charge in [0.25, 0.3) is 0 Å². The molecular weight excluding hydrogens is 252 g/mol. The molecule has 0 aliphatic rings. The van der Waals surface area contributed by atoms with Gasteiger partial charge in [0.15, 0.2) is 17.4 Å². The summed E-state index contributed by atoms with van der Waals surface area (Å²) < 4.78 is 31.1. The Balaban J connectivity index is 2.28. The number of ketones is 1. The lowest BCUT2D eigenvalue weighted by Gasteiger charge is -2.09. The lowest BCUT2D eigenvalue weighted by atomic mass is 10.1. The van der Waals surface area contributed by atoms with Gasteiger partial charge in [0.1, 0.15) is 11.5 Å². The molecule has 3 nitrogen and oxygen atoms in total. The summed E-state index contributed by atoms with van der Waals surface area (Å²) in [7, 11) is 0. The van der Waals surface area contributed by atoms with E-state index in [0.29, 0.717) is 5.56 Å². The van der Waals surface area contributed by atoms with Crippen molar-refractivity contribution in [1.82, 2.24) is 0 Å². The first kappa shape index (κ1) is 13.0. The smallest absolute Gasteiger partial charge is 0.162 e. The Bertz CT molecular complexity index is 641. The van der Waals surface area contributed by atoms with Crippen LogP contribution in [-0.4, -0.2) is 5.78 Å². The summed E-state index contributed by atoms with van der Waals surface area (Å²) in [6, 6.07) is 7.70. The van der Waals surface area contributed by atoms with Gasteiger partial charge in [0.05, 0.1) is 5.69 Å². The van der Waals surface area contributed by atoms with Gasteiger partial charge in [0.2, 0.25) is 0 Å². The van der Waals surface area contributed by atoms with E-state index in [0.717, 1.165) is 12.1 Å². The number of benzene rings is 2. The van der Waals surface area contributed by atoms with E-state index in [-0.39, 0.29) is 23.0 Å². The first-order chi connectivity index (χ1) is 8.97. The van der Waals surface area contributed by atoms with E-state index in [1.807, 2.05) is 0 Å². The summed E-state index contributed by atoms with van der Waals surface area (Å²) in [5.74, 6) is -1.67. The highest BCUT2D eigenvalue weighted by Crippen LogP contribution is 2.29. The first-order valence-corrected chi connectivity index (χ1v) is 5.51. The molecule has 0 aromatic heterocycles. The van der Waals surface area contributed by atoms with Crippen LogP contribution in [0, 0.1) is 11.6 Å². The molecule has 0 saturated carbocycles. The minimum atomic E-state index is -1.00. The molecule has 0 aliphatic heterocycles. The number of carbonyl (C=O) groups excluding carboxylic acids is 1. The minimum Gasteiger partial charge on any atom is -0.455 e. The normalized spacial score (nSPS) is 10.3. The second kappa shape index (κ2) is 5.06. The Labute approximate surface area is 108 Å². The first-order valence-electron chi connectivity index (χ1n) is 5.51. The number of hydrogen-bond donors (Lipinski definition) is 1. The molecule has 0 fully saturated rings. The number of nitrogens with two attached hydrogens (primary N) is 1. The lowest BCUT2D eigenvalue weighted by Crippen LogP contribution is -1.97. The second-order valence-corrected chi connectivity index (χ2v) is 3.99. The van der Waals surface area contributed by atoms with Crippen molar-refractivity contribution in [2.45, 2.75) is 6.92 Å². The molecule has 0 saturated heterocycles. The maximum absolute atomic E-state index is 13.0. The summed E-state index contributed by atoms with van der Waals surface area (Å²) in [4.78, 5) is 11.2. The third-order valence-electron chi connectivity index (χ3n) is 2.54. The van der Waals surface area contributed by atoms with Crippen molar-refractivity contribution in [3.63, 3.8) is 0 Å². The highest BCUT2D eigenvalue weighted by atomic mass is 19.2. The second-order valence-electron chi connectivity index (χ2n) is 3.99. The Morgan fingerprint density at radius 1 is 1.11 bits per heavy atom. The van der Waals surface area contributed by atoms with Crippen LogP contribution in [0.3, 0.4) is 0 Å². The fraction of sp³-hybridized carbons (Fsp3) is 0.0714. The molecule has 0 atom stereocenters. The van der Waals surface area contributed by atoms with Gasteiger partial charge in [0, 0.05) is 11.6 Å². The number of Topliss-reactive ketones (excluding diaryl/α,β-unsaturated/α-hetero) is 1. The van der Waals surface area contributed by atoms with Crippen molar-refractivity contribution in [2.24, 2.45) is 0 Å². The Hall–Kier alpha value is -2.43. The third-order valence-corrected chi connectivity index (χ3v) is 2.54. The number of carbonyl (C=O) groups is 1. The summed E-state index contributed by atoms with van der Waals surface area (Å²) in [6.07, 6.45) is 0. The van der Waals surface area contributed by atoms with Crippen molar-refractivity contribution in [3.05, 3.63) is 53.6 Å². The molecule has 98 valence electrons. The zero-order valence-electron chi connectivity index (χ0n) is 10.1. The van der Waals surface area contributed by atoms with E-state index in [9.17, 15) is 13.6 Å². The number of rotatable bonds is 3. The average molecular weight is 263 g/mol. The SMILES string of the molecule is CC(=O)c1ccc(Oc2ccc(F)c(F)c2)c(N)c1. The van der Waals surface area contributed by atoms with Gasteiger partial charge in [-0.2, -0.15) is 0 Å². The highest BCUT2D eigenvalue weighted by molar-refractivity contribution is 5.95. The zero-order valence-corrected chi connectivity index (χ0v) is 10.1. The van der Waals surface area contributed by atoms with E-state index in [4.69, 9.17) is 10.5 Å². The number of ether oxygens (including phenoxy) is 1. The van der Waals surface area contributed by atoms with Crippen molar-refractivity contribution >= 4 is 11.5 Å². The van der Waals surface area contributed by atoms with Crippen LogP contribution in [0.5, 0.6) is 11.5 Å². The maximum atomic E-state index is 13.0. The number of halogens is 2. The molecule has 2 aromatic rings. The predicted octanol–water partition coefficient (Wildman–Crippen LogP) is 3.54. The molecule has 2 rings (SSSR count). The standard InChI is InChI=1S/C14H11F2NO2/c1-8(18)9-2-5-14(13(17)6-9)19-10-3-4-11(15)12(16)7-10/h2-7H,17H2,1H3. The van der Waals surface area contributed by atoms with Gasteiger partial charge in [-0.3, -0.25) is 4.79 Å². The van der Waals surface area contributed by atoms with Gasteiger partial charge in [-0.15, -0.1) is 0 Å². The van der Waals surface area contributed by atoms with Crippen molar-refractivity contribution in [2.75, 3.05) is 5.73 Å². The molecule has 5 heteroatoms. The summed E-state index contributed by atoms with van der Waals surface area (Å²) in [5.41, 5.74) is 6.43. The van der Waals surface area contributed by atoms with Crippen molar-refractivity contribution < 1.29 is 18.3 Å². The van der Waals surface area contributed by atoms with Gasteiger partial charge in [-0.25, -0.2) is 8.78 Å². The number of anilines is 1. The van der Waals surface area contributed by atoms with Crippen LogP contribution in [0.2, 0.25) is 0 Å². The maximum Gasteiger partial charge on any atom is 0.162 e. The molecule has 0 amide bonds. The number of hydrogen-bond acceptors (Lipinski definition) is 3. The van der Waals surface area contributed by atoms with Crippen molar-refractivity contribution in [3.8, 4) is 11.5 Å². The molecule has 2 aromatic carbocycles. The van der Waals surface area contributed by atoms with Crippen LogP contribution in [0.1, 0.15) is 17.3 Å². The van der Waals surface area contributed by atoms with Crippen LogP contribution < -0.4 is 10.5 Å². The summed E-state index contributed by atoms with van der Waals surface area (Å²) in [6.45, 7) is 1.42. The predicted molar refractivity (Wildman–Crippen MR) is 67.3 cm³/mol. The Morgan fingerprint density at radius 2 is 1.84 bits per heavy atom. The molecular formula is C14H11F2NO2. The van der Waals surface area contributed by atoms with E-state index >= 15 is 0 Å². The van der Waals surface area contributed by atoms with Gasteiger partial charge in [-0.05, 0) is 37.3 Å². The van der Waals surface area contributed by atoms with Crippen LogP contribution in [0.4, 0.5) is 14.5 Å². The minimum absolute atomic E-state index is 0.119. The molecule has 0 bridgehead atoms. The van der Waals surface area contributed by atoms with Crippen LogP contribution in [0.25, 0.3) is 0 Å². The molecule has 2 N–H and O–H groups in total. The fourth-order valence-corrected chi connectivity index (χ4v) is 1.53. The van der Waals surface area contributed by atoms with E-state index in [2.05, 4.69) is 0 Å². The molecule has 0 aliphatic carbocycles. The zero-order chi connectivity index (χ0) is 14.0. The molecule has 0 spiro atoms. The van der Waals surface area contributed by atoms with E-state index in [1.165, 1.54) is 25.1 Å². The molecule has 0 unspecified atom stereocenters. The van der Waals surface area contributed by atoms with E-state index in [1.54, 1.807) is 6.07 Å². The average Bonchev–Trinajstić information content (AvgIpc) is 2.36. The van der Waals surface area contributed by atoms with Gasteiger partial charge in [-0.1, -0.05) is 0 Å². The monoisotopic (exact) mass is 263 g/mol. The van der Waals surface area contributed by atoms with Gasteiger partial charge < -0.3 is 10.5 Å². The van der Waals surface area contributed by atoms with Crippen LogP contribution in [0.15, 0.2) is 36.4 Å². The molecule has 0 heterocycles. The topological polar surface area (TPSA) is 52.3 Å². The third kappa shape index (κ3) is 2.88. The molecule has 19 heavy (non-hydrogen) atoms. The highest BCUT2D eigenvalue weighted by Gasteiger charge is 2.08. The number of nitrogen functional groups attached to an aromatic ring is 1.